The van der Waals surface area contributed by atoms with Gasteiger partial charge in [0.15, 0.2) is 17.3 Å². The molecule has 4 aliphatic rings. The van der Waals surface area contributed by atoms with Crippen molar-refractivity contribution < 1.29 is 53.1 Å². The van der Waals surface area contributed by atoms with Gasteiger partial charge in [-0.2, -0.15) is 0 Å². The Bertz CT molecular complexity index is 1080. The van der Waals surface area contributed by atoms with Crippen LogP contribution < -0.4 is 0 Å². The number of aliphatic hydroxyl groups excluding tert-OH is 1. The predicted molar refractivity (Wildman–Crippen MR) is 134 cm³/mol. The van der Waals surface area contributed by atoms with Crippen LogP contribution in [0.15, 0.2) is 11.6 Å². The highest BCUT2D eigenvalue weighted by Gasteiger charge is 2.88. The maximum Gasteiger partial charge on any atom is 0.342 e. The monoisotopic (exact) mass is 552 g/mol. The Morgan fingerprint density at radius 2 is 1.72 bits per heavy atom. The van der Waals surface area contributed by atoms with Crippen LogP contribution in [0.3, 0.4) is 0 Å². The predicted octanol–water partition coefficient (Wildman–Crippen LogP) is 1.89. The van der Waals surface area contributed by atoms with Gasteiger partial charge in [-0.3, -0.25) is 14.4 Å². The van der Waals surface area contributed by atoms with Crippen molar-refractivity contribution in [3.8, 4) is 0 Å². The molecule has 0 aromatic heterocycles. The zero-order valence-corrected chi connectivity index (χ0v) is 23.6. The fraction of sp³-hybridized carbons (Fsp3) is 0.786. The number of epoxide rings is 1. The minimum Gasteiger partial charge on any atom is -0.462 e. The molecule has 4 rings (SSSR count). The SMILES string of the molecule is CCCC(=O)O[C@H]1CC/C(C)=C\[C@@H]2OC(=O)[C@]3(C)O[C@]23[C@@H](OC(C)=O)[C@H]2[C@](C)(O)[C@H](O)C[C@H](OC(C)=O)[C@]12C. The molecule has 11 nitrogen and oxygen atoms in total. The van der Waals surface area contributed by atoms with E-state index in [4.69, 9.17) is 23.7 Å². The van der Waals surface area contributed by atoms with E-state index in [2.05, 4.69) is 0 Å². The van der Waals surface area contributed by atoms with Gasteiger partial charge in [-0.25, -0.2) is 4.79 Å². The van der Waals surface area contributed by atoms with Gasteiger partial charge in [0, 0.05) is 32.6 Å². The van der Waals surface area contributed by atoms with Gasteiger partial charge in [0.05, 0.1) is 17.1 Å². The van der Waals surface area contributed by atoms with Gasteiger partial charge in [0.25, 0.3) is 0 Å². The second-order valence-corrected chi connectivity index (χ2v) is 12.0. The Balaban J connectivity index is 2.01. The third kappa shape index (κ3) is 4.46. The molecule has 0 bridgehead atoms. The molecule has 1 spiro atoms. The summed E-state index contributed by atoms with van der Waals surface area (Å²) in [6.45, 7) is 10.7. The number of rotatable bonds is 5. The van der Waals surface area contributed by atoms with Crippen molar-refractivity contribution in [2.45, 2.75) is 128 Å². The molecule has 218 valence electrons. The van der Waals surface area contributed by atoms with Crippen LogP contribution in [0.4, 0.5) is 0 Å². The van der Waals surface area contributed by atoms with Crippen LogP contribution in [-0.4, -0.2) is 81.4 Å². The molecule has 1 saturated carbocycles. The van der Waals surface area contributed by atoms with Crippen molar-refractivity contribution in [1.29, 1.82) is 0 Å². The Hall–Kier alpha value is -2.50. The lowest BCUT2D eigenvalue weighted by molar-refractivity contribution is -0.274. The van der Waals surface area contributed by atoms with Gasteiger partial charge in [-0.15, -0.1) is 0 Å². The number of carbonyl (C=O) groups excluding carboxylic acids is 4. The third-order valence-corrected chi connectivity index (χ3v) is 9.21. The van der Waals surface area contributed by atoms with Crippen molar-refractivity contribution in [3.05, 3.63) is 11.6 Å². The zero-order chi connectivity index (χ0) is 29.1. The van der Waals surface area contributed by atoms with Crippen molar-refractivity contribution in [1.82, 2.24) is 0 Å². The maximum absolute atomic E-state index is 13.0. The Labute approximate surface area is 228 Å². The van der Waals surface area contributed by atoms with Crippen molar-refractivity contribution >= 4 is 23.9 Å². The highest BCUT2D eigenvalue weighted by atomic mass is 16.7. The van der Waals surface area contributed by atoms with E-state index >= 15 is 0 Å². The quantitative estimate of drug-likeness (QED) is 0.222. The third-order valence-electron chi connectivity index (χ3n) is 9.21. The number of allylic oxidation sites excluding steroid dienone is 1. The minimum absolute atomic E-state index is 0.145. The van der Waals surface area contributed by atoms with Gasteiger partial charge in [-0.05, 0) is 46.1 Å². The summed E-state index contributed by atoms with van der Waals surface area (Å²) in [5, 5.41) is 23.2. The summed E-state index contributed by atoms with van der Waals surface area (Å²) >= 11 is 0. The molecule has 10 atom stereocenters. The van der Waals surface area contributed by atoms with Gasteiger partial charge in [0.2, 0.25) is 0 Å². The smallest absolute Gasteiger partial charge is 0.342 e. The lowest BCUT2D eigenvalue weighted by atomic mass is 9.51. The normalized spacial score (nSPS) is 46.3. The van der Waals surface area contributed by atoms with E-state index in [-0.39, 0.29) is 19.3 Å². The molecule has 0 aromatic carbocycles. The zero-order valence-electron chi connectivity index (χ0n) is 23.6. The van der Waals surface area contributed by atoms with Crippen LogP contribution in [-0.2, 0) is 42.9 Å². The number of hydrogen-bond acceptors (Lipinski definition) is 11. The first-order chi connectivity index (χ1) is 18.0. The summed E-state index contributed by atoms with van der Waals surface area (Å²) in [5.41, 5.74) is -5.58. The van der Waals surface area contributed by atoms with E-state index < -0.39 is 82.5 Å². The highest BCUT2D eigenvalue weighted by Crippen LogP contribution is 2.66. The molecule has 2 saturated heterocycles. The van der Waals surface area contributed by atoms with Crippen LogP contribution in [0.5, 0.6) is 0 Å². The average molecular weight is 553 g/mol. The number of hydrogen-bond donors (Lipinski definition) is 2. The van der Waals surface area contributed by atoms with Crippen LogP contribution in [0, 0.1) is 11.3 Å². The molecular weight excluding hydrogens is 512 g/mol. The second kappa shape index (κ2) is 9.85. The molecular formula is C28H40O11. The molecule has 0 amide bonds. The molecule has 11 heteroatoms. The van der Waals surface area contributed by atoms with E-state index in [1.165, 1.54) is 27.7 Å². The summed E-state index contributed by atoms with van der Waals surface area (Å²) in [6.07, 6.45) is -2.77. The highest BCUT2D eigenvalue weighted by molar-refractivity contribution is 5.89. The summed E-state index contributed by atoms with van der Waals surface area (Å²) in [7, 11) is 0. The number of carbonyl (C=O) groups is 4. The van der Waals surface area contributed by atoms with Crippen molar-refractivity contribution in [3.63, 3.8) is 0 Å². The number of esters is 4. The Morgan fingerprint density at radius 1 is 1.08 bits per heavy atom. The van der Waals surface area contributed by atoms with Crippen molar-refractivity contribution in [2.75, 3.05) is 0 Å². The van der Waals surface area contributed by atoms with E-state index in [0.29, 0.717) is 12.8 Å². The summed E-state index contributed by atoms with van der Waals surface area (Å²) in [4.78, 5) is 50.8. The second-order valence-electron chi connectivity index (χ2n) is 12.0. The summed E-state index contributed by atoms with van der Waals surface area (Å²) in [6, 6.07) is 0. The molecule has 0 aromatic rings. The topological polar surface area (TPSA) is 158 Å². The first-order valence-corrected chi connectivity index (χ1v) is 13.6. The molecule has 2 aliphatic carbocycles. The number of fused-ring (bicyclic) bond motifs is 1. The van der Waals surface area contributed by atoms with Gasteiger partial charge in [-0.1, -0.05) is 19.4 Å². The molecule has 0 radical (unpaired) electrons. The summed E-state index contributed by atoms with van der Waals surface area (Å²) < 4.78 is 29.6. The standard InChI is InChI=1S/C28H40O11/c1-8-9-21(32)37-18-11-10-14(2)12-20-28(27(7,39-28)24(33)38-20)23(36-16(4)30)22-25(18,5)19(35-15(3)29)13-17(31)26(22,6)34/h12,17-20,22-23,31,34H,8-11,13H2,1-7H3/b14-12-/t17-,18+,19+,20+,22-,23+,25+,26-,27+,28+/m1/s1. The Morgan fingerprint density at radius 3 is 2.28 bits per heavy atom. The number of ether oxygens (including phenoxy) is 5. The molecule has 2 heterocycles. The van der Waals surface area contributed by atoms with Crippen molar-refractivity contribution in [2.24, 2.45) is 11.3 Å². The molecule has 3 fully saturated rings. The van der Waals surface area contributed by atoms with Crippen LogP contribution in [0.25, 0.3) is 0 Å². The van der Waals surface area contributed by atoms with Crippen LogP contribution >= 0.6 is 0 Å². The fourth-order valence-corrected chi connectivity index (χ4v) is 7.16. The van der Waals surface area contributed by atoms with Gasteiger partial charge >= 0.3 is 23.9 Å². The van der Waals surface area contributed by atoms with Gasteiger partial charge < -0.3 is 33.9 Å². The maximum atomic E-state index is 13.0. The Kier molecular flexibility index (Phi) is 7.45. The summed E-state index contributed by atoms with van der Waals surface area (Å²) in [5.74, 6) is -3.70. The minimum atomic E-state index is -1.96. The molecule has 2 aliphatic heterocycles. The first-order valence-electron chi connectivity index (χ1n) is 13.6. The number of aliphatic hydroxyl groups is 2. The largest absolute Gasteiger partial charge is 0.462 e. The van der Waals surface area contributed by atoms with Crippen LogP contribution in [0.2, 0.25) is 0 Å². The fourth-order valence-electron chi connectivity index (χ4n) is 7.16. The van der Waals surface area contributed by atoms with E-state index in [1.54, 1.807) is 13.0 Å². The van der Waals surface area contributed by atoms with Crippen LogP contribution in [0.1, 0.15) is 80.6 Å². The molecule has 39 heavy (non-hydrogen) atoms. The van der Waals surface area contributed by atoms with E-state index in [9.17, 15) is 29.4 Å². The lowest BCUT2D eigenvalue weighted by Gasteiger charge is -2.59. The van der Waals surface area contributed by atoms with E-state index in [0.717, 1.165) is 5.57 Å². The first kappa shape index (κ1) is 29.5. The lowest BCUT2D eigenvalue weighted by Crippen LogP contribution is -2.72. The van der Waals surface area contributed by atoms with Gasteiger partial charge in [0.1, 0.15) is 18.3 Å². The average Bonchev–Trinajstić information content (AvgIpc) is 3.40. The molecule has 0 unspecified atom stereocenters. The molecule has 2 N–H and O–H groups in total. The van der Waals surface area contributed by atoms with E-state index in [1.807, 2.05) is 13.8 Å².